The van der Waals surface area contributed by atoms with E-state index in [2.05, 4.69) is 0 Å². The van der Waals surface area contributed by atoms with Gasteiger partial charge in [0.05, 0.1) is 0 Å². The molecule has 1 rings (SSSR count). The summed E-state index contributed by atoms with van der Waals surface area (Å²) in [5.41, 5.74) is 0. The van der Waals surface area contributed by atoms with E-state index in [0.717, 1.165) is 12.8 Å². The molecule has 0 bridgehead atoms. The molecule has 1 unspecified atom stereocenters. The monoisotopic (exact) mass is 212 g/mol. The molecule has 1 aliphatic carbocycles. The summed E-state index contributed by atoms with van der Waals surface area (Å²) in [6, 6.07) is 0. The Balaban J connectivity index is 2.61. The SMILES string of the molecule is CC(C)[C@H](CC(=O)O)C1CCCC(=O)C1. The molecule has 0 radical (unpaired) electrons. The molecule has 1 aliphatic rings. The lowest BCUT2D eigenvalue weighted by atomic mass is 9.73. The molecule has 3 heteroatoms. The standard InChI is InChI=1S/C12H20O3/c1-8(2)11(7-12(14)15)9-4-3-5-10(13)6-9/h8-9,11H,3-7H2,1-2H3,(H,14,15)/t9?,11-/m0/s1. The van der Waals surface area contributed by atoms with Gasteiger partial charge in [-0.1, -0.05) is 13.8 Å². The molecule has 0 aromatic carbocycles. The van der Waals surface area contributed by atoms with Crippen LogP contribution in [0.5, 0.6) is 0 Å². The molecule has 3 nitrogen and oxygen atoms in total. The quantitative estimate of drug-likeness (QED) is 0.779. The first-order valence-corrected chi connectivity index (χ1v) is 5.74. The molecule has 0 aromatic rings. The molecule has 0 saturated heterocycles. The van der Waals surface area contributed by atoms with E-state index in [1.807, 2.05) is 13.8 Å². The number of carboxylic acids is 1. The number of carboxylic acid groups (broad SMARTS) is 1. The first kappa shape index (κ1) is 12.2. The maximum atomic E-state index is 11.3. The molecular weight excluding hydrogens is 192 g/mol. The number of rotatable bonds is 4. The second-order valence-electron chi connectivity index (χ2n) is 4.90. The number of carbonyl (C=O) groups excluding carboxylic acids is 1. The minimum absolute atomic E-state index is 0.159. The average Bonchev–Trinajstić information content (AvgIpc) is 2.13. The smallest absolute Gasteiger partial charge is 0.303 e. The molecule has 86 valence electrons. The van der Waals surface area contributed by atoms with Gasteiger partial charge in [-0.25, -0.2) is 0 Å². The predicted molar refractivity (Wildman–Crippen MR) is 57.5 cm³/mol. The van der Waals surface area contributed by atoms with E-state index in [-0.39, 0.29) is 12.3 Å². The van der Waals surface area contributed by atoms with Gasteiger partial charge in [-0.15, -0.1) is 0 Å². The Bertz CT molecular complexity index is 245. The summed E-state index contributed by atoms with van der Waals surface area (Å²) in [4.78, 5) is 22.1. The van der Waals surface area contributed by atoms with Gasteiger partial charge < -0.3 is 5.11 Å². The molecule has 1 fully saturated rings. The predicted octanol–water partition coefficient (Wildman–Crippen LogP) is 2.49. The van der Waals surface area contributed by atoms with Crippen LogP contribution < -0.4 is 0 Å². The normalized spacial score (nSPS) is 24.2. The molecule has 1 saturated carbocycles. The lowest BCUT2D eigenvalue weighted by Crippen LogP contribution is -2.28. The summed E-state index contributed by atoms with van der Waals surface area (Å²) >= 11 is 0. The largest absolute Gasteiger partial charge is 0.481 e. The lowest BCUT2D eigenvalue weighted by molar-refractivity contribution is -0.139. The third-order valence-electron chi connectivity index (χ3n) is 3.39. The number of carbonyl (C=O) groups is 2. The Morgan fingerprint density at radius 1 is 1.53 bits per heavy atom. The summed E-state index contributed by atoms with van der Waals surface area (Å²) in [5, 5.41) is 8.84. The molecule has 0 spiro atoms. The van der Waals surface area contributed by atoms with Crippen LogP contribution >= 0.6 is 0 Å². The zero-order valence-corrected chi connectivity index (χ0v) is 9.53. The lowest BCUT2D eigenvalue weighted by Gasteiger charge is -2.31. The minimum atomic E-state index is -0.744. The van der Waals surface area contributed by atoms with Crippen LogP contribution in [0, 0.1) is 17.8 Å². The van der Waals surface area contributed by atoms with Crippen molar-refractivity contribution >= 4 is 11.8 Å². The van der Waals surface area contributed by atoms with E-state index in [1.165, 1.54) is 0 Å². The number of hydrogen-bond acceptors (Lipinski definition) is 2. The van der Waals surface area contributed by atoms with Crippen molar-refractivity contribution < 1.29 is 14.7 Å². The summed E-state index contributed by atoms with van der Waals surface area (Å²) < 4.78 is 0. The second kappa shape index (κ2) is 5.29. The molecule has 0 heterocycles. The summed E-state index contributed by atoms with van der Waals surface area (Å²) in [5.74, 6) is 0.361. The number of hydrogen-bond donors (Lipinski definition) is 1. The van der Waals surface area contributed by atoms with Gasteiger partial charge in [0.25, 0.3) is 0 Å². The number of aliphatic carboxylic acids is 1. The second-order valence-corrected chi connectivity index (χ2v) is 4.90. The van der Waals surface area contributed by atoms with Gasteiger partial charge in [0.1, 0.15) is 5.78 Å². The van der Waals surface area contributed by atoms with Crippen LogP contribution in [-0.2, 0) is 9.59 Å². The number of ketones is 1. The highest BCUT2D eigenvalue weighted by atomic mass is 16.4. The molecule has 0 aliphatic heterocycles. The first-order chi connectivity index (χ1) is 7.00. The number of Topliss-reactive ketones (excluding diaryl/α,β-unsaturated/α-hetero) is 1. The van der Waals surface area contributed by atoms with E-state index in [1.54, 1.807) is 0 Å². The molecule has 0 amide bonds. The Hall–Kier alpha value is -0.860. The van der Waals surface area contributed by atoms with Crippen LogP contribution in [0.4, 0.5) is 0 Å². The Kier molecular flexibility index (Phi) is 4.30. The van der Waals surface area contributed by atoms with Crippen molar-refractivity contribution in [2.75, 3.05) is 0 Å². The van der Waals surface area contributed by atoms with Crippen molar-refractivity contribution in [2.45, 2.75) is 46.0 Å². The van der Waals surface area contributed by atoms with Crippen LogP contribution in [0.3, 0.4) is 0 Å². The molecule has 2 atom stereocenters. The van der Waals surface area contributed by atoms with Gasteiger partial charge in [0, 0.05) is 19.3 Å². The van der Waals surface area contributed by atoms with Crippen LogP contribution in [0.15, 0.2) is 0 Å². The van der Waals surface area contributed by atoms with E-state index in [9.17, 15) is 9.59 Å². The Labute approximate surface area is 90.9 Å². The van der Waals surface area contributed by atoms with Crippen molar-refractivity contribution in [3.8, 4) is 0 Å². The van der Waals surface area contributed by atoms with Crippen molar-refractivity contribution in [1.82, 2.24) is 0 Å². The van der Waals surface area contributed by atoms with E-state index < -0.39 is 5.97 Å². The van der Waals surface area contributed by atoms with E-state index in [4.69, 9.17) is 5.11 Å². The van der Waals surface area contributed by atoms with Gasteiger partial charge in [-0.2, -0.15) is 0 Å². The highest BCUT2D eigenvalue weighted by Gasteiger charge is 2.30. The molecule has 15 heavy (non-hydrogen) atoms. The highest BCUT2D eigenvalue weighted by molar-refractivity contribution is 5.79. The molecule has 1 N–H and O–H groups in total. The van der Waals surface area contributed by atoms with Crippen molar-refractivity contribution in [3.63, 3.8) is 0 Å². The summed E-state index contributed by atoms with van der Waals surface area (Å²) in [6.45, 7) is 4.10. The van der Waals surface area contributed by atoms with Gasteiger partial charge in [-0.3, -0.25) is 9.59 Å². The van der Waals surface area contributed by atoms with Crippen molar-refractivity contribution in [2.24, 2.45) is 17.8 Å². The third-order valence-corrected chi connectivity index (χ3v) is 3.39. The Morgan fingerprint density at radius 3 is 2.67 bits per heavy atom. The fourth-order valence-corrected chi connectivity index (χ4v) is 2.57. The van der Waals surface area contributed by atoms with Crippen LogP contribution in [0.1, 0.15) is 46.0 Å². The zero-order valence-electron chi connectivity index (χ0n) is 9.53. The zero-order chi connectivity index (χ0) is 11.4. The fraction of sp³-hybridized carbons (Fsp3) is 0.833. The van der Waals surface area contributed by atoms with Crippen LogP contribution in [-0.4, -0.2) is 16.9 Å². The van der Waals surface area contributed by atoms with Crippen LogP contribution in [0.2, 0.25) is 0 Å². The Morgan fingerprint density at radius 2 is 2.20 bits per heavy atom. The minimum Gasteiger partial charge on any atom is -0.481 e. The fourth-order valence-electron chi connectivity index (χ4n) is 2.57. The average molecular weight is 212 g/mol. The van der Waals surface area contributed by atoms with Gasteiger partial charge >= 0.3 is 5.97 Å². The van der Waals surface area contributed by atoms with Crippen molar-refractivity contribution in [1.29, 1.82) is 0 Å². The van der Waals surface area contributed by atoms with E-state index in [0.29, 0.717) is 30.5 Å². The first-order valence-electron chi connectivity index (χ1n) is 5.74. The van der Waals surface area contributed by atoms with Gasteiger partial charge in [-0.05, 0) is 30.6 Å². The maximum Gasteiger partial charge on any atom is 0.303 e. The summed E-state index contributed by atoms with van der Waals surface area (Å²) in [6.07, 6.45) is 3.44. The van der Waals surface area contributed by atoms with E-state index >= 15 is 0 Å². The molecule has 0 aromatic heterocycles. The maximum absolute atomic E-state index is 11.3. The van der Waals surface area contributed by atoms with Crippen molar-refractivity contribution in [3.05, 3.63) is 0 Å². The summed E-state index contributed by atoms with van der Waals surface area (Å²) in [7, 11) is 0. The van der Waals surface area contributed by atoms with Crippen LogP contribution in [0.25, 0.3) is 0 Å². The van der Waals surface area contributed by atoms with Gasteiger partial charge in [0.15, 0.2) is 0 Å². The third kappa shape index (κ3) is 3.65. The molecular formula is C12H20O3. The highest BCUT2D eigenvalue weighted by Crippen LogP contribution is 2.34. The topological polar surface area (TPSA) is 54.4 Å². The van der Waals surface area contributed by atoms with Gasteiger partial charge in [0.2, 0.25) is 0 Å².